The third kappa shape index (κ3) is 3.69. The lowest BCUT2D eigenvalue weighted by Gasteiger charge is -2.10. The first-order chi connectivity index (χ1) is 10.2. The van der Waals surface area contributed by atoms with Crippen molar-refractivity contribution in [3.63, 3.8) is 0 Å². The van der Waals surface area contributed by atoms with Crippen molar-refractivity contribution in [2.24, 2.45) is 0 Å². The van der Waals surface area contributed by atoms with E-state index in [0.717, 1.165) is 25.5 Å². The van der Waals surface area contributed by atoms with Gasteiger partial charge in [-0.15, -0.1) is 0 Å². The molecule has 3 rings (SSSR count). The van der Waals surface area contributed by atoms with Gasteiger partial charge in [0, 0.05) is 10.2 Å². The summed E-state index contributed by atoms with van der Waals surface area (Å²) in [6.45, 7) is 0. The van der Waals surface area contributed by atoms with E-state index in [4.69, 9.17) is 12.2 Å². The molecule has 1 heterocycles. The van der Waals surface area contributed by atoms with Crippen molar-refractivity contribution in [2.45, 2.75) is 0 Å². The minimum absolute atomic E-state index is 0.483. The summed E-state index contributed by atoms with van der Waals surface area (Å²) in [5.74, 6) is 0. The topological polar surface area (TPSA) is 49.0 Å². The van der Waals surface area contributed by atoms with E-state index in [0.29, 0.717) is 5.11 Å². The van der Waals surface area contributed by atoms with Crippen LogP contribution in [0.1, 0.15) is 0 Å². The van der Waals surface area contributed by atoms with Crippen LogP contribution >= 0.6 is 39.5 Å². The molecule has 3 N–H and O–H groups in total. The number of aromatic nitrogens is 1. The Bertz CT molecular complexity index is 737. The van der Waals surface area contributed by atoms with Gasteiger partial charge in [0.1, 0.15) is 0 Å². The number of thiazole rings is 1. The molecule has 0 saturated heterocycles. The number of para-hydroxylation sites is 1. The molecule has 0 aliphatic heterocycles. The van der Waals surface area contributed by atoms with Crippen LogP contribution < -0.4 is 16.2 Å². The Labute approximate surface area is 139 Å². The number of halogens is 1. The molecule has 0 aliphatic rings. The van der Waals surface area contributed by atoms with Crippen LogP contribution in [-0.4, -0.2) is 10.1 Å². The van der Waals surface area contributed by atoms with Crippen LogP contribution in [0.4, 0.5) is 10.8 Å². The van der Waals surface area contributed by atoms with E-state index < -0.39 is 0 Å². The quantitative estimate of drug-likeness (QED) is 0.466. The van der Waals surface area contributed by atoms with Crippen molar-refractivity contribution < 1.29 is 0 Å². The molecule has 3 aromatic rings. The molecule has 0 atom stereocenters. The number of anilines is 2. The Morgan fingerprint density at radius 2 is 1.86 bits per heavy atom. The second-order valence-corrected chi connectivity index (χ2v) is 6.55. The molecule has 21 heavy (non-hydrogen) atoms. The smallest absolute Gasteiger partial charge is 0.202 e. The van der Waals surface area contributed by atoms with E-state index in [9.17, 15) is 0 Å². The molecule has 4 nitrogen and oxygen atoms in total. The van der Waals surface area contributed by atoms with Crippen molar-refractivity contribution in [3.8, 4) is 0 Å². The van der Waals surface area contributed by atoms with Crippen LogP contribution in [0, 0.1) is 0 Å². The number of benzene rings is 2. The first-order valence-corrected chi connectivity index (χ1v) is 8.17. The molecule has 0 unspecified atom stereocenters. The van der Waals surface area contributed by atoms with E-state index in [-0.39, 0.29) is 0 Å². The molecular weight excluding hydrogens is 368 g/mol. The van der Waals surface area contributed by atoms with Gasteiger partial charge in [-0.05, 0) is 48.6 Å². The molecule has 0 fully saturated rings. The number of hydrogen-bond donors (Lipinski definition) is 3. The molecule has 7 heteroatoms. The highest BCUT2D eigenvalue weighted by molar-refractivity contribution is 9.10. The molecule has 2 aromatic carbocycles. The summed E-state index contributed by atoms with van der Waals surface area (Å²) < 4.78 is 2.16. The number of nitrogens with one attached hydrogen (secondary N) is 3. The van der Waals surface area contributed by atoms with Crippen LogP contribution in [0.2, 0.25) is 0 Å². The largest absolute Gasteiger partial charge is 0.331 e. The lowest BCUT2D eigenvalue weighted by Crippen LogP contribution is -2.33. The van der Waals surface area contributed by atoms with E-state index in [2.05, 4.69) is 37.1 Å². The molecule has 0 radical (unpaired) electrons. The van der Waals surface area contributed by atoms with Crippen molar-refractivity contribution >= 4 is 65.6 Å². The summed E-state index contributed by atoms with van der Waals surface area (Å²) in [5.41, 5.74) is 7.83. The van der Waals surface area contributed by atoms with Crippen LogP contribution in [0.15, 0.2) is 53.0 Å². The van der Waals surface area contributed by atoms with Crippen LogP contribution in [0.3, 0.4) is 0 Å². The maximum atomic E-state index is 5.23. The van der Waals surface area contributed by atoms with E-state index in [1.54, 1.807) is 11.3 Å². The number of rotatable bonds is 3. The van der Waals surface area contributed by atoms with Crippen LogP contribution in [-0.2, 0) is 0 Å². The van der Waals surface area contributed by atoms with Crippen LogP contribution in [0.5, 0.6) is 0 Å². The van der Waals surface area contributed by atoms with Gasteiger partial charge in [-0.2, -0.15) is 0 Å². The highest BCUT2D eigenvalue weighted by Gasteiger charge is 2.03. The van der Waals surface area contributed by atoms with E-state index >= 15 is 0 Å². The molecule has 1 aromatic heterocycles. The van der Waals surface area contributed by atoms with Crippen molar-refractivity contribution in [1.29, 1.82) is 0 Å². The standard InChI is InChI=1S/C14H11BrN4S2/c15-9-5-7-10(8-6-9)16-13(20)18-19-14-17-11-3-1-2-4-12(11)21-14/h1-8H,(H,17,19)(H2,16,18,20). The summed E-state index contributed by atoms with van der Waals surface area (Å²) in [7, 11) is 0. The van der Waals surface area contributed by atoms with Gasteiger partial charge >= 0.3 is 0 Å². The lowest BCUT2D eigenvalue weighted by atomic mass is 10.3. The van der Waals surface area contributed by atoms with Crippen molar-refractivity contribution in [2.75, 3.05) is 10.7 Å². The molecular formula is C14H11BrN4S2. The number of fused-ring (bicyclic) bond motifs is 1. The van der Waals surface area contributed by atoms with Crippen LogP contribution in [0.25, 0.3) is 10.2 Å². The van der Waals surface area contributed by atoms with Gasteiger partial charge in [0.15, 0.2) is 5.11 Å². The highest BCUT2D eigenvalue weighted by Crippen LogP contribution is 2.24. The summed E-state index contributed by atoms with van der Waals surface area (Å²) in [5, 5.41) is 4.34. The average molecular weight is 379 g/mol. The SMILES string of the molecule is S=C(NNc1nc2ccccc2s1)Nc1ccc(Br)cc1. The Balaban J connectivity index is 1.59. The average Bonchev–Trinajstić information content (AvgIpc) is 2.90. The maximum Gasteiger partial charge on any atom is 0.202 e. The number of hydrazine groups is 1. The van der Waals surface area contributed by atoms with Gasteiger partial charge in [0.25, 0.3) is 0 Å². The number of thiocarbonyl (C=S) groups is 1. The third-order valence-electron chi connectivity index (χ3n) is 2.68. The van der Waals surface area contributed by atoms with Gasteiger partial charge in [-0.3, -0.25) is 10.9 Å². The van der Waals surface area contributed by atoms with Gasteiger partial charge in [-0.1, -0.05) is 39.4 Å². The zero-order chi connectivity index (χ0) is 14.7. The second kappa shape index (κ2) is 6.38. The summed E-state index contributed by atoms with van der Waals surface area (Å²) in [6.07, 6.45) is 0. The van der Waals surface area contributed by atoms with E-state index in [1.165, 1.54) is 0 Å². The van der Waals surface area contributed by atoms with Gasteiger partial charge < -0.3 is 5.32 Å². The van der Waals surface area contributed by atoms with E-state index in [1.807, 2.05) is 48.5 Å². The zero-order valence-electron chi connectivity index (χ0n) is 10.8. The molecule has 0 amide bonds. The minimum Gasteiger partial charge on any atom is -0.331 e. The predicted molar refractivity (Wildman–Crippen MR) is 96.7 cm³/mol. The molecule has 0 aliphatic carbocycles. The Morgan fingerprint density at radius 3 is 2.62 bits per heavy atom. The third-order valence-corrected chi connectivity index (χ3v) is 4.36. The normalized spacial score (nSPS) is 10.3. The molecule has 0 saturated carbocycles. The minimum atomic E-state index is 0.483. The maximum absolute atomic E-state index is 5.23. The van der Waals surface area contributed by atoms with Gasteiger partial charge in [-0.25, -0.2) is 4.98 Å². The first-order valence-electron chi connectivity index (χ1n) is 6.15. The predicted octanol–water partition coefficient (Wildman–Crippen LogP) is 4.37. The number of hydrogen-bond acceptors (Lipinski definition) is 4. The first kappa shape index (κ1) is 14.2. The number of nitrogens with zero attached hydrogens (tertiary/aromatic N) is 1. The molecule has 0 bridgehead atoms. The fourth-order valence-electron chi connectivity index (χ4n) is 1.73. The van der Waals surface area contributed by atoms with Crippen molar-refractivity contribution in [3.05, 3.63) is 53.0 Å². The molecule has 0 spiro atoms. The summed E-state index contributed by atoms with van der Waals surface area (Å²) in [6, 6.07) is 15.8. The Kier molecular flexibility index (Phi) is 4.33. The zero-order valence-corrected chi connectivity index (χ0v) is 14.0. The fourth-order valence-corrected chi connectivity index (χ4v) is 2.98. The van der Waals surface area contributed by atoms with Gasteiger partial charge in [0.2, 0.25) is 5.13 Å². The monoisotopic (exact) mass is 378 g/mol. The highest BCUT2D eigenvalue weighted by atomic mass is 79.9. The van der Waals surface area contributed by atoms with Crippen molar-refractivity contribution in [1.82, 2.24) is 10.4 Å². The Morgan fingerprint density at radius 1 is 1.10 bits per heavy atom. The Hall–Kier alpha value is -1.70. The lowest BCUT2D eigenvalue weighted by molar-refractivity contribution is 1.13. The fraction of sp³-hybridized carbons (Fsp3) is 0. The van der Waals surface area contributed by atoms with Gasteiger partial charge in [0.05, 0.1) is 10.2 Å². The summed E-state index contributed by atoms with van der Waals surface area (Å²) in [4.78, 5) is 4.45. The molecule has 106 valence electrons. The second-order valence-electron chi connectivity index (χ2n) is 4.20. The summed E-state index contributed by atoms with van der Waals surface area (Å²) >= 11 is 10.2.